The Balaban J connectivity index is 1.51. The van der Waals surface area contributed by atoms with E-state index in [-0.39, 0.29) is 28.3 Å². The van der Waals surface area contributed by atoms with Gasteiger partial charge in [-0.15, -0.1) is 0 Å². The van der Waals surface area contributed by atoms with Crippen LogP contribution in [0.15, 0.2) is 88.8 Å². The van der Waals surface area contributed by atoms with Crippen LogP contribution in [-0.4, -0.2) is 25.4 Å². The molecule has 0 atom stereocenters. The molecule has 5 aromatic rings. The number of benzene rings is 3. The Bertz CT molecular complexity index is 1710. The second-order valence-electron chi connectivity index (χ2n) is 8.51. The molecule has 0 unspecified atom stereocenters. The van der Waals surface area contributed by atoms with Crippen LogP contribution in [0.4, 0.5) is 24.5 Å². The van der Waals surface area contributed by atoms with Crippen LogP contribution in [0.3, 0.4) is 0 Å². The first-order valence-corrected chi connectivity index (χ1v) is 12.3. The maximum Gasteiger partial charge on any atom is 0.280 e. The summed E-state index contributed by atoms with van der Waals surface area (Å²) in [6.45, 7) is 1.94. The summed E-state index contributed by atoms with van der Waals surface area (Å²) in [7, 11) is 0. The van der Waals surface area contributed by atoms with Crippen molar-refractivity contribution in [2.75, 3.05) is 5.32 Å². The number of nitrogens with one attached hydrogen (secondary N) is 1. The Hall–Kier alpha value is -4.71. The van der Waals surface area contributed by atoms with Gasteiger partial charge >= 0.3 is 0 Å². The van der Waals surface area contributed by atoms with Gasteiger partial charge in [0, 0.05) is 33.2 Å². The molecule has 2 heterocycles. The van der Waals surface area contributed by atoms with Crippen molar-refractivity contribution in [2.24, 2.45) is 0 Å². The van der Waals surface area contributed by atoms with Gasteiger partial charge in [-0.05, 0) is 55.5 Å². The molecule has 12 heteroatoms. The smallest absolute Gasteiger partial charge is 0.280 e. The quantitative estimate of drug-likeness (QED) is 0.172. The Labute approximate surface area is 223 Å². The molecule has 8 nitrogen and oxygen atoms in total. The second kappa shape index (κ2) is 10.6. The number of nitro benzene ring substituents is 1. The Morgan fingerprint density at radius 3 is 2.41 bits per heavy atom. The highest BCUT2D eigenvalue weighted by molar-refractivity contribution is 7.99. The summed E-state index contributed by atoms with van der Waals surface area (Å²) in [5, 5.41) is 18.1. The number of non-ortho nitro benzene ring substituents is 1. The minimum atomic E-state index is -2.94. The zero-order valence-electron chi connectivity index (χ0n) is 20.1. The van der Waals surface area contributed by atoms with Gasteiger partial charge in [-0.3, -0.25) is 14.9 Å². The number of aryl methyl sites for hydroxylation is 1. The topological polar surface area (TPSA) is 102 Å². The Morgan fingerprint density at radius 2 is 1.74 bits per heavy atom. The van der Waals surface area contributed by atoms with Crippen LogP contribution in [0, 0.1) is 22.9 Å². The number of halogens is 3. The van der Waals surface area contributed by atoms with E-state index in [0.29, 0.717) is 10.5 Å². The summed E-state index contributed by atoms with van der Waals surface area (Å²) in [6.07, 6.45) is -1.85. The molecule has 0 saturated heterocycles. The van der Waals surface area contributed by atoms with Gasteiger partial charge in [0.25, 0.3) is 18.0 Å². The van der Waals surface area contributed by atoms with Gasteiger partial charge in [-0.25, -0.2) is 22.7 Å². The van der Waals surface area contributed by atoms with Gasteiger partial charge in [-0.2, -0.15) is 5.10 Å². The molecule has 0 saturated carbocycles. The van der Waals surface area contributed by atoms with E-state index < -0.39 is 28.8 Å². The summed E-state index contributed by atoms with van der Waals surface area (Å²) in [5.74, 6) is -1.25. The van der Waals surface area contributed by atoms with Crippen molar-refractivity contribution < 1.29 is 22.9 Å². The number of hydrogen-bond donors (Lipinski definition) is 1. The number of fused-ring (bicyclic) bond motifs is 1. The lowest BCUT2D eigenvalue weighted by molar-refractivity contribution is -0.385. The molecule has 0 fully saturated rings. The van der Waals surface area contributed by atoms with Crippen molar-refractivity contribution in [3.05, 3.63) is 112 Å². The number of nitro groups is 1. The molecule has 0 radical (unpaired) electrons. The predicted molar refractivity (Wildman–Crippen MR) is 140 cm³/mol. The molecule has 1 amide bonds. The van der Waals surface area contributed by atoms with E-state index in [0.717, 1.165) is 27.2 Å². The summed E-state index contributed by atoms with van der Waals surface area (Å²) in [4.78, 5) is 29.9. The lowest BCUT2D eigenvalue weighted by Crippen LogP contribution is -2.13. The van der Waals surface area contributed by atoms with Crippen molar-refractivity contribution in [1.82, 2.24) is 14.6 Å². The van der Waals surface area contributed by atoms with Crippen LogP contribution in [0.5, 0.6) is 0 Å². The first kappa shape index (κ1) is 25.9. The molecular formula is C27H18F3N5O3S. The number of rotatable bonds is 7. The number of amides is 1. The fourth-order valence-electron chi connectivity index (χ4n) is 3.83. The maximum atomic E-state index is 13.9. The van der Waals surface area contributed by atoms with E-state index >= 15 is 0 Å². The highest BCUT2D eigenvalue weighted by Crippen LogP contribution is 2.34. The van der Waals surface area contributed by atoms with Crippen molar-refractivity contribution in [3.63, 3.8) is 0 Å². The predicted octanol–water partition coefficient (Wildman–Crippen LogP) is 7.09. The molecule has 1 N–H and O–H groups in total. The second-order valence-corrected chi connectivity index (χ2v) is 9.66. The number of aromatic nitrogens is 3. The third-order valence-electron chi connectivity index (χ3n) is 5.72. The zero-order chi connectivity index (χ0) is 27.7. The first-order chi connectivity index (χ1) is 18.7. The largest absolute Gasteiger partial charge is 0.322 e. The number of carbonyl (C=O) groups is 1. The summed E-state index contributed by atoms with van der Waals surface area (Å²) in [6, 6.07) is 18.0. The minimum Gasteiger partial charge on any atom is -0.322 e. The van der Waals surface area contributed by atoms with Gasteiger partial charge in [0.15, 0.2) is 5.65 Å². The van der Waals surface area contributed by atoms with Crippen molar-refractivity contribution >= 4 is 34.7 Å². The molecule has 196 valence electrons. The Kier molecular flexibility index (Phi) is 7.03. The molecule has 2 aromatic heterocycles. The average molecular weight is 550 g/mol. The highest BCUT2D eigenvalue weighted by Gasteiger charge is 2.22. The van der Waals surface area contributed by atoms with Crippen molar-refractivity contribution in [1.29, 1.82) is 0 Å². The third-order valence-corrected chi connectivity index (χ3v) is 6.70. The maximum absolute atomic E-state index is 13.9. The number of nitrogens with zero attached hydrogens (tertiary/aromatic N) is 4. The van der Waals surface area contributed by atoms with Crippen LogP contribution >= 0.6 is 11.8 Å². The Morgan fingerprint density at radius 1 is 1.03 bits per heavy atom. The fraction of sp³-hybridized carbons (Fsp3) is 0.0741. The van der Waals surface area contributed by atoms with Gasteiger partial charge in [-0.1, -0.05) is 29.5 Å². The standard InChI is InChI=1S/C27H18F3N5O3S/c1-15-2-8-20(9-3-15)39-21-11-18(10-19(12-21)35(37)38)32-27(36)22-14-31-34-24(25(29)30)13-23(33-26(22)34)16-4-6-17(28)7-5-16/h2-14,25H,1H3,(H,32,36). The van der Waals surface area contributed by atoms with E-state index in [1.807, 2.05) is 31.2 Å². The monoisotopic (exact) mass is 549 g/mol. The van der Waals surface area contributed by atoms with Crippen LogP contribution in [0.25, 0.3) is 16.9 Å². The molecular weight excluding hydrogens is 531 g/mol. The van der Waals surface area contributed by atoms with Crippen LogP contribution in [0.1, 0.15) is 28.0 Å². The van der Waals surface area contributed by atoms with Crippen LogP contribution in [0.2, 0.25) is 0 Å². The molecule has 0 bridgehead atoms. The van der Waals surface area contributed by atoms with E-state index in [1.165, 1.54) is 48.2 Å². The highest BCUT2D eigenvalue weighted by atomic mass is 32.2. The summed E-state index contributed by atoms with van der Waals surface area (Å²) < 4.78 is 42.0. The number of carbonyl (C=O) groups excluding carboxylic acids is 1. The molecule has 0 aliphatic heterocycles. The van der Waals surface area contributed by atoms with E-state index in [1.54, 1.807) is 6.07 Å². The van der Waals surface area contributed by atoms with E-state index in [9.17, 15) is 28.1 Å². The molecule has 39 heavy (non-hydrogen) atoms. The first-order valence-electron chi connectivity index (χ1n) is 11.5. The van der Waals surface area contributed by atoms with Gasteiger partial charge in [0.1, 0.15) is 17.1 Å². The molecule has 3 aromatic carbocycles. The molecule has 0 aliphatic rings. The van der Waals surface area contributed by atoms with Gasteiger partial charge < -0.3 is 5.32 Å². The SMILES string of the molecule is Cc1ccc(Sc2cc(NC(=O)c3cnn4c(C(F)F)cc(-c5ccc(F)cc5)nc34)cc([N+](=O)[O-])c2)cc1. The van der Waals surface area contributed by atoms with Crippen LogP contribution in [-0.2, 0) is 0 Å². The van der Waals surface area contributed by atoms with Crippen LogP contribution < -0.4 is 5.32 Å². The third kappa shape index (κ3) is 5.60. The van der Waals surface area contributed by atoms with Crippen molar-refractivity contribution in [3.8, 4) is 11.3 Å². The lowest BCUT2D eigenvalue weighted by atomic mass is 10.1. The number of alkyl halides is 2. The van der Waals surface area contributed by atoms with E-state index in [2.05, 4.69) is 15.4 Å². The zero-order valence-corrected chi connectivity index (χ0v) is 21.0. The normalized spacial score (nSPS) is 11.2. The molecule has 0 spiro atoms. The summed E-state index contributed by atoms with van der Waals surface area (Å²) in [5.41, 5.74) is 0.635. The fourth-order valence-corrected chi connectivity index (χ4v) is 4.74. The molecule has 0 aliphatic carbocycles. The van der Waals surface area contributed by atoms with Gasteiger partial charge in [0.2, 0.25) is 0 Å². The summed E-state index contributed by atoms with van der Waals surface area (Å²) >= 11 is 1.28. The molecule has 5 rings (SSSR count). The van der Waals surface area contributed by atoms with Crippen molar-refractivity contribution in [2.45, 2.75) is 23.1 Å². The number of hydrogen-bond acceptors (Lipinski definition) is 6. The van der Waals surface area contributed by atoms with Gasteiger partial charge in [0.05, 0.1) is 16.8 Å². The van der Waals surface area contributed by atoms with E-state index in [4.69, 9.17) is 0 Å². The number of anilines is 1. The average Bonchev–Trinajstić information content (AvgIpc) is 3.34. The lowest BCUT2D eigenvalue weighted by Gasteiger charge is -2.10. The minimum absolute atomic E-state index is 0.0967.